The summed E-state index contributed by atoms with van der Waals surface area (Å²) in [7, 11) is 1.58. The molecule has 0 rings (SSSR count). The number of hydrogen-bond donors (Lipinski definition) is 3. The Morgan fingerprint density at radius 2 is 0.690 bits per heavy atom. The van der Waals surface area contributed by atoms with Crippen molar-refractivity contribution in [2.75, 3.05) is 40.9 Å². The van der Waals surface area contributed by atoms with Gasteiger partial charge in [-0.05, 0) is 96.3 Å². The molecule has 0 aliphatic heterocycles. The summed E-state index contributed by atoms with van der Waals surface area (Å²) in [5, 5.41) is 14.1. The van der Waals surface area contributed by atoms with Gasteiger partial charge in [0.1, 0.15) is 13.2 Å². The predicted octanol–water partition coefficient (Wildman–Crippen LogP) is 23.4. The molecule has 0 aromatic heterocycles. The fraction of sp³-hybridized carbons (Fsp3) is 0.705. The van der Waals surface area contributed by atoms with Gasteiger partial charge >= 0.3 is 7.82 Å². The molecule has 3 N–H and O–H groups in total. The van der Waals surface area contributed by atoms with Gasteiger partial charge in [0.2, 0.25) is 5.91 Å². The number of hydrogen-bond acceptors (Lipinski definition) is 5. The second-order valence-corrected chi connectivity index (χ2v) is 26.7. The van der Waals surface area contributed by atoms with Crippen LogP contribution in [0.5, 0.6) is 0 Å². The van der Waals surface area contributed by atoms with E-state index in [-0.39, 0.29) is 19.1 Å². The van der Waals surface area contributed by atoms with E-state index in [9.17, 15) is 19.4 Å². The summed E-state index contributed by atoms with van der Waals surface area (Å²) in [6.07, 6.45) is 101. The zero-order chi connectivity index (χ0) is 63.4. The molecule has 0 bridgehead atoms. The lowest BCUT2D eigenvalue weighted by molar-refractivity contribution is -0.870. The second kappa shape index (κ2) is 67.0. The lowest BCUT2D eigenvalue weighted by Gasteiger charge is -2.26. The normalized spacial score (nSPS) is 14.4. The van der Waals surface area contributed by atoms with Crippen LogP contribution < -0.4 is 5.32 Å². The van der Waals surface area contributed by atoms with Gasteiger partial charge < -0.3 is 19.8 Å². The maximum Gasteiger partial charge on any atom is 0.472 e. The summed E-state index contributed by atoms with van der Waals surface area (Å²) >= 11 is 0. The number of phosphoric acid groups is 1. The van der Waals surface area contributed by atoms with Crippen molar-refractivity contribution in [3.8, 4) is 0 Å². The number of nitrogens with zero attached hydrogens (tertiary/aromatic N) is 1. The molecule has 0 saturated heterocycles. The highest BCUT2D eigenvalue weighted by atomic mass is 31.2. The minimum Gasteiger partial charge on any atom is -0.391 e. The molecule has 0 fully saturated rings. The SMILES string of the molecule is CC/C=C\C/C=C\C/C=C\C/C=C\C/C=C\C/C=C\C/C=C\C/C=C\C/C=C\C/C=C\C/C=C\CCCCCC(=O)NC(COP(=O)(O)OCC[N+](C)(C)C)C(O)CCCCCCCCCCCCCCCCCCCCCCCCCCCCCC. The van der Waals surface area contributed by atoms with Crippen molar-refractivity contribution in [2.45, 2.75) is 315 Å². The van der Waals surface area contributed by atoms with E-state index in [1.54, 1.807) is 0 Å². The monoisotopic (exact) mass is 1230 g/mol. The lowest BCUT2D eigenvalue weighted by Crippen LogP contribution is -2.46. The topological polar surface area (TPSA) is 105 Å². The lowest BCUT2D eigenvalue weighted by atomic mass is 10.0. The van der Waals surface area contributed by atoms with Crippen molar-refractivity contribution >= 4 is 13.7 Å². The molecule has 0 spiro atoms. The Hall–Kier alpha value is -3.36. The maximum absolute atomic E-state index is 13.1. The number of unbranched alkanes of at least 4 members (excludes halogenated alkanes) is 30. The van der Waals surface area contributed by atoms with Crippen molar-refractivity contribution < 1.29 is 32.9 Å². The minimum absolute atomic E-state index is 0.0613. The smallest absolute Gasteiger partial charge is 0.391 e. The Labute approximate surface area is 538 Å². The van der Waals surface area contributed by atoms with Crippen molar-refractivity contribution in [3.05, 3.63) is 134 Å². The van der Waals surface area contributed by atoms with Crippen LogP contribution >= 0.6 is 7.82 Å². The fourth-order valence-electron chi connectivity index (χ4n) is 10.1. The number of rotatable bonds is 65. The molecule has 9 heteroatoms. The first-order chi connectivity index (χ1) is 42.5. The van der Waals surface area contributed by atoms with Gasteiger partial charge in [-0.3, -0.25) is 13.8 Å². The van der Waals surface area contributed by atoms with E-state index in [1.807, 2.05) is 21.1 Å². The minimum atomic E-state index is -4.35. The van der Waals surface area contributed by atoms with Crippen LogP contribution in [0.1, 0.15) is 303 Å². The molecule has 500 valence electrons. The van der Waals surface area contributed by atoms with Crippen LogP contribution in [-0.4, -0.2) is 73.4 Å². The van der Waals surface area contributed by atoms with E-state index in [4.69, 9.17) is 9.05 Å². The van der Waals surface area contributed by atoms with E-state index >= 15 is 0 Å². The summed E-state index contributed by atoms with van der Waals surface area (Å²) in [4.78, 5) is 23.5. The van der Waals surface area contributed by atoms with Gasteiger partial charge in [-0.2, -0.15) is 0 Å². The van der Waals surface area contributed by atoms with Crippen LogP contribution in [0.4, 0.5) is 0 Å². The summed E-state index contributed by atoms with van der Waals surface area (Å²) in [5.74, 6) is -0.178. The first-order valence-electron chi connectivity index (χ1n) is 36.0. The van der Waals surface area contributed by atoms with Gasteiger partial charge in [-0.25, -0.2) is 4.57 Å². The average Bonchev–Trinajstić information content (AvgIpc) is 3.70. The van der Waals surface area contributed by atoms with Crippen LogP contribution in [-0.2, 0) is 18.4 Å². The van der Waals surface area contributed by atoms with Crippen molar-refractivity contribution in [3.63, 3.8) is 0 Å². The molecule has 3 atom stereocenters. The largest absolute Gasteiger partial charge is 0.472 e. The quantitative estimate of drug-likeness (QED) is 0.0243. The number of phosphoric ester groups is 1. The molecule has 8 nitrogen and oxygen atoms in total. The molecule has 0 saturated carbocycles. The van der Waals surface area contributed by atoms with Gasteiger partial charge in [0.25, 0.3) is 0 Å². The third-order valence-corrected chi connectivity index (χ3v) is 16.6. The molecular formula is C78H138N2O6P+. The molecule has 0 aliphatic rings. The van der Waals surface area contributed by atoms with Crippen LogP contribution in [0.15, 0.2) is 134 Å². The number of carbonyl (C=O) groups is 1. The number of aliphatic hydroxyl groups is 1. The van der Waals surface area contributed by atoms with Gasteiger partial charge in [-0.1, -0.05) is 334 Å². The summed E-state index contributed by atoms with van der Waals surface area (Å²) < 4.78 is 23.9. The molecule has 0 aromatic rings. The van der Waals surface area contributed by atoms with Gasteiger partial charge in [-0.15, -0.1) is 0 Å². The number of likely N-dealkylation sites (N-methyl/N-ethyl adjacent to an activating group) is 1. The third kappa shape index (κ3) is 70.0. The van der Waals surface area contributed by atoms with Crippen molar-refractivity contribution in [2.24, 2.45) is 0 Å². The third-order valence-electron chi connectivity index (χ3n) is 15.7. The van der Waals surface area contributed by atoms with Gasteiger partial charge in [0, 0.05) is 6.42 Å². The molecule has 0 aliphatic carbocycles. The molecular weight excluding hydrogens is 1090 g/mol. The second-order valence-electron chi connectivity index (χ2n) is 25.2. The fourth-order valence-corrected chi connectivity index (χ4v) is 10.8. The van der Waals surface area contributed by atoms with E-state index in [0.29, 0.717) is 23.9 Å². The van der Waals surface area contributed by atoms with E-state index in [1.165, 1.54) is 161 Å². The first kappa shape index (κ1) is 83.6. The van der Waals surface area contributed by atoms with Crippen LogP contribution in [0.3, 0.4) is 0 Å². The number of quaternary nitrogens is 1. The molecule has 3 unspecified atom stereocenters. The number of amides is 1. The molecule has 0 radical (unpaired) electrons. The predicted molar refractivity (Wildman–Crippen MR) is 382 cm³/mol. The summed E-state index contributed by atoms with van der Waals surface area (Å²) in [5.41, 5.74) is 0. The Morgan fingerprint density at radius 1 is 0.402 bits per heavy atom. The summed E-state index contributed by atoms with van der Waals surface area (Å²) in [6, 6.07) is -0.791. The highest BCUT2D eigenvalue weighted by Crippen LogP contribution is 2.43. The zero-order valence-electron chi connectivity index (χ0n) is 57.2. The molecule has 0 aromatic carbocycles. The Bertz CT molecular complexity index is 1880. The van der Waals surface area contributed by atoms with Gasteiger partial charge in [0.15, 0.2) is 0 Å². The Kier molecular flexibility index (Phi) is 64.5. The molecule has 1 amide bonds. The summed E-state index contributed by atoms with van der Waals surface area (Å²) in [6.45, 7) is 4.77. The van der Waals surface area contributed by atoms with Crippen LogP contribution in [0.25, 0.3) is 0 Å². The van der Waals surface area contributed by atoms with Crippen LogP contribution in [0, 0.1) is 0 Å². The van der Waals surface area contributed by atoms with E-state index in [2.05, 4.69) is 153 Å². The number of nitrogens with one attached hydrogen (secondary N) is 1. The van der Waals surface area contributed by atoms with Gasteiger partial charge in [0.05, 0.1) is 39.9 Å². The highest BCUT2D eigenvalue weighted by molar-refractivity contribution is 7.47. The average molecular weight is 1230 g/mol. The molecule has 0 heterocycles. The number of allylic oxidation sites excluding steroid dienone is 22. The molecule has 87 heavy (non-hydrogen) atoms. The Morgan fingerprint density at radius 3 is 1.00 bits per heavy atom. The standard InChI is InChI=1S/C78H137N2O6P/c1-6-8-10-12-14-16-18-20-22-24-26-28-30-32-34-36-37-38-39-40-41-42-43-44-46-48-50-52-54-56-58-60-62-64-66-68-70-72-78(82)79-76(75-86-87(83,84)85-74-73-80(3,4)5)77(81)71-69-67-65-63-61-59-57-55-53-51-49-47-45-35-33-31-29-27-25-23-21-19-17-15-13-11-9-7-2/h8,10,14,16,20,22,26,28,32,34,37-38,40-41,43-44,48,50,54,56,60,62,76-77,81H,6-7,9,11-13,15,17-19,21,23-25,27,29-31,33,35-36,39,42,45-47,49,51-53,55,57-59,61,63-75H2,1-5H3,(H-,79,82,83,84)/p+1/b10-8-,16-14-,22-20-,28-26-,34-32-,38-37-,41-40-,44-43-,50-48-,56-54-,62-60-. The van der Waals surface area contributed by atoms with Crippen molar-refractivity contribution in [1.82, 2.24) is 5.32 Å². The highest BCUT2D eigenvalue weighted by Gasteiger charge is 2.28. The number of aliphatic hydroxyl groups excluding tert-OH is 1. The Balaban J connectivity index is 4.17. The number of carbonyl (C=O) groups excluding carboxylic acids is 1. The van der Waals surface area contributed by atoms with E-state index < -0.39 is 20.0 Å². The van der Waals surface area contributed by atoms with Crippen molar-refractivity contribution in [1.29, 1.82) is 0 Å². The van der Waals surface area contributed by atoms with Crippen LogP contribution in [0.2, 0.25) is 0 Å². The maximum atomic E-state index is 13.1. The zero-order valence-corrected chi connectivity index (χ0v) is 58.1. The first-order valence-corrected chi connectivity index (χ1v) is 37.5. The van der Waals surface area contributed by atoms with E-state index in [0.717, 1.165) is 116 Å².